The van der Waals surface area contributed by atoms with Crippen molar-refractivity contribution >= 4 is 45.5 Å². The molecule has 0 atom stereocenters. The number of thiazole rings is 1. The minimum absolute atomic E-state index is 0.0239. The summed E-state index contributed by atoms with van der Waals surface area (Å²) in [6, 6.07) is 12.3. The van der Waals surface area contributed by atoms with Crippen molar-refractivity contribution in [1.82, 2.24) is 9.38 Å². The highest BCUT2D eigenvalue weighted by atomic mass is 32.1. The molecule has 172 valence electrons. The Balaban J connectivity index is 1.77. The van der Waals surface area contributed by atoms with Crippen molar-refractivity contribution in [3.05, 3.63) is 91.8 Å². The van der Waals surface area contributed by atoms with E-state index in [-0.39, 0.29) is 21.1 Å². The number of nitrogens with zero attached hydrogens (tertiary/aromatic N) is 2. The number of nitrogens with one attached hydrogen (secondary N) is 2. The Morgan fingerprint density at radius 1 is 0.971 bits per heavy atom. The van der Waals surface area contributed by atoms with Crippen molar-refractivity contribution in [2.45, 2.75) is 20.8 Å². The maximum absolute atomic E-state index is 13.3. The van der Waals surface area contributed by atoms with E-state index in [1.54, 1.807) is 13.0 Å². The number of hydrogen-bond donors (Lipinski definition) is 3. The molecule has 0 spiro atoms. The van der Waals surface area contributed by atoms with Gasteiger partial charge >= 0.3 is 5.97 Å². The van der Waals surface area contributed by atoms with Crippen LogP contribution < -0.4 is 16.2 Å². The quantitative estimate of drug-likeness (QED) is 0.401. The van der Waals surface area contributed by atoms with Crippen molar-refractivity contribution in [1.29, 1.82) is 0 Å². The van der Waals surface area contributed by atoms with Crippen molar-refractivity contribution in [3.63, 3.8) is 0 Å². The van der Waals surface area contributed by atoms with E-state index in [1.165, 1.54) is 30.3 Å². The SMILES string of the molecule is Cc1cc(=O)n2c(C(=O)Nc3ccc(C(=O)O)cc3)c(C(=O)Nc3cccc(C)c3C)sc2n1. The molecule has 34 heavy (non-hydrogen) atoms. The van der Waals surface area contributed by atoms with E-state index in [2.05, 4.69) is 15.6 Å². The summed E-state index contributed by atoms with van der Waals surface area (Å²) >= 11 is 0.936. The fourth-order valence-electron chi connectivity index (χ4n) is 3.40. The van der Waals surface area contributed by atoms with Crippen LogP contribution in [-0.4, -0.2) is 32.3 Å². The fraction of sp³-hybridized carbons (Fsp3) is 0.125. The number of anilines is 2. The number of benzene rings is 2. The summed E-state index contributed by atoms with van der Waals surface area (Å²) < 4.78 is 1.11. The second-order valence-electron chi connectivity index (χ2n) is 7.67. The Labute approximate surface area is 197 Å². The molecular formula is C24H20N4O5S. The smallest absolute Gasteiger partial charge is 0.335 e. The first-order valence-corrected chi connectivity index (χ1v) is 11.0. The summed E-state index contributed by atoms with van der Waals surface area (Å²) in [6.07, 6.45) is 0. The molecular weight excluding hydrogens is 456 g/mol. The molecule has 0 bridgehead atoms. The number of carbonyl (C=O) groups is 3. The Kier molecular flexibility index (Phi) is 5.99. The van der Waals surface area contributed by atoms with Crippen LogP contribution in [0, 0.1) is 20.8 Å². The van der Waals surface area contributed by atoms with Gasteiger partial charge in [0.05, 0.1) is 5.56 Å². The molecule has 0 aliphatic rings. The number of carbonyl (C=O) groups excluding carboxylic acids is 2. The van der Waals surface area contributed by atoms with Gasteiger partial charge in [0.15, 0.2) is 4.96 Å². The molecule has 4 rings (SSSR count). The number of carboxylic acids is 1. The molecule has 0 aliphatic carbocycles. The fourth-order valence-corrected chi connectivity index (χ4v) is 4.47. The lowest BCUT2D eigenvalue weighted by molar-refractivity contribution is 0.0696. The van der Waals surface area contributed by atoms with Crippen molar-refractivity contribution in [3.8, 4) is 0 Å². The number of carboxylic acid groups (broad SMARTS) is 1. The third kappa shape index (κ3) is 4.30. The highest BCUT2D eigenvalue weighted by Gasteiger charge is 2.26. The highest BCUT2D eigenvalue weighted by Crippen LogP contribution is 2.25. The predicted molar refractivity (Wildman–Crippen MR) is 129 cm³/mol. The Morgan fingerprint density at radius 3 is 2.35 bits per heavy atom. The van der Waals surface area contributed by atoms with Gasteiger partial charge in [0.25, 0.3) is 17.4 Å². The van der Waals surface area contributed by atoms with Crippen LogP contribution in [0.15, 0.2) is 53.3 Å². The molecule has 10 heteroatoms. The summed E-state index contributed by atoms with van der Waals surface area (Å²) in [4.78, 5) is 54.9. The number of rotatable bonds is 5. The van der Waals surface area contributed by atoms with Gasteiger partial charge in [-0.05, 0) is 62.2 Å². The molecule has 0 saturated carbocycles. The number of aromatic carboxylic acids is 1. The van der Waals surface area contributed by atoms with Gasteiger partial charge < -0.3 is 15.7 Å². The molecule has 2 aromatic heterocycles. The molecule has 2 aromatic carbocycles. The number of aromatic nitrogens is 2. The first-order valence-electron chi connectivity index (χ1n) is 10.2. The van der Waals surface area contributed by atoms with Gasteiger partial charge in [0.2, 0.25) is 0 Å². The third-order valence-electron chi connectivity index (χ3n) is 5.31. The zero-order valence-corrected chi connectivity index (χ0v) is 19.3. The Hall–Kier alpha value is -4.31. The van der Waals surface area contributed by atoms with Gasteiger partial charge in [0.1, 0.15) is 10.6 Å². The number of amides is 2. The van der Waals surface area contributed by atoms with Crippen molar-refractivity contribution in [2.75, 3.05) is 10.6 Å². The third-order valence-corrected chi connectivity index (χ3v) is 6.35. The summed E-state index contributed by atoms with van der Waals surface area (Å²) in [5.41, 5.74) is 2.65. The molecule has 2 amide bonds. The average molecular weight is 477 g/mol. The van der Waals surface area contributed by atoms with E-state index in [9.17, 15) is 19.2 Å². The topological polar surface area (TPSA) is 130 Å². The zero-order valence-electron chi connectivity index (χ0n) is 18.5. The second-order valence-corrected chi connectivity index (χ2v) is 8.65. The van der Waals surface area contributed by atoms with E-state index in [0.29, 0.717) is 17.1 Å². The van der Waals surface area contributed by atoms with Gasteiger partial charge in [-0.25, -0.2) is 14.2 Å². The van der Waals surface area contributed by atoms with E-state index in [4.69, 9.17) is 5.11 Å². The molecule has 0 saturated heterocycles. The van der Waals surface area contributed by atoms with Gasteiger partial charge in [0, 0.05) is 23.1 Å². The largest absolute Gasteiger partial charge is 0.478 e. The van der Waals surface area contributed by atoms with Gasteiger partial charge in [-0.1, -0.05) is 23.5 Å². The number of aryl methyl sites for hydroxylation is 2. The zero-order chi connectivity index (χ0) is 24.6. The van der Waals surface area contributed by atoms with Crippen LogP contribution in [0.4, 0.5) is 11.4 Å². The molecule has 0 unspecified atom stereocenters. The van der Waals surface area contributed by atoms with Crippen LogP contribution >= 0.6 is 11.3 Å². The van der Waals surface area contributed by atoms with E-state index < -0.39 is 23.3 Å². The highest BCUT2D eigenvalue weighted by molar-refractivity contribution is 7.19. The average Bonchev–Trinajstić information content (AvgIpc) is 3.17. The first-order chi connectivity index (χ1) is 16.2. The van der Waals surface area contributed by atoms with Crippen LogP contribution in [0.25, 0.3) is 4.96 Å². The maximum atomic E-state index is 13.3. The van der Waals surface area contributed by atoms with E-state index in [1.807, 2.05) is 26.0 Å². The normalized spacial score (nSPS) is 10.8. The summed E-state index contributed by atoms with van der Waals surface area (Å²) in [5.74, 6) is -2.35. The molecule has 3 N–H and O–H groups in total. The second kappa shape index (κ2) is 8.91. The minimum atomic E-state index is -1.10. The maximum Gasteiger partial charge on any atom is 0.335 e. The van der Waals surface area contributed by atoms with Crippen LogP contribution in [-0.2, 0) is 0 Å². The minimum Gasteiger partial charge on any atom is -0.478 e. The molecule has 0 aliphatic heterocycles. The number of fused-ring (bicyclic) bond motifs is 1. The van der Waals surface area contributed by atoms with Crippen molar-refractivity contribution < 1.29 is 19.5 Å². The molecule has 9 nitrogen and oxygen atoms in total. The van der Waals surface area contributed by atoms with Gasteiger partial charge in [-0.3, -0.25) is 14.4 Å². The van der Waals surface area contributed by atoms with Gasteiger partial charge in [-0.15, -0.1) is 0 Å². The van der Waals surface area contributed by atoms with Crippen molar-refractivity contribution in [2.24, 2.45) is 0 Å². The van der Waals surface area contributed by atoms with E-state index in [0.717, 1.165) is 26.9 Å². The summed E-state index contributed by atoms with van der Waals surface area (Å²) in [7, 11) is 0. The van der Waals surface area contributed by atoms with E-state index >= 15 is 0 Å². The molecule has 2 heterocycles. The Morgan fingerprint density at radius 2 is 1.68 bits per heavy atom. The van der Waals surface area contributed by atoms with Crippen LogP contribution in [0.3, 0.4) is 0 Å². The summed E-state index contributed by atoms with van der Waals surface area (Å²) in [5, 5.41) is 14.5. The lowest BCUT2D eigenvalue weighted by Gasteiger charge is -2.11. The Bertz CT molecular complexity index is 1520. The van der Waals surface area contributed by atoms with Crippen LogP contribution in [0.2, 0.25) is 0 Å². The van der Waals surface area contributed by atoms with Gasteiger partial charge in [-0.2, -0.15) is 0 Å². The lowest BCUT2D eigenvalue weighted by atomic mass is 10.1. The number of hydrogen-bond acceptors (Lipinski definition) is 6. The lowest BCUT2D eigenvalue weighted by Crippen LogP contribution is -2.25. The van der Waals surface area contributed by atoms with Crippen LogP contribution in [0.1, 0.15) is 47.3 Å². The monoisotopic (exact) mass is 476 g/mol. The van der Waals surface area contributed by atoms with Crippen LogP contribution in [0.5, 0.6) is 0 Å². The molecule has 0 fully saturated rings. The summed E-state index contributed by atoms with van der Waals surface area (Å²) in [6.45, 7) is 5.45. The standard InChI is InChI=1S/C24H20N4O5S/c1-12-5-4-6-17(14(12)3)27-22(31)20-19(28-18(29)11-13(2)25-24(28)34-20)21(30)26-16-9-7-15(8-10-16)23(32)33/h4-11H,1-3H3,(H,26,30)(H,27,31)(H,32,33). The predicted octanol–water partition coefficient (Wildman–Crippen LogP) is 3.88. The molecule has 0 radical (unpaired) electrons. The molecule has 4 aromatic rings. The first kappa shape index (κ1) is 22.9.